The van der Waals surface area contributed by atoms with Gasteiger partial charge < -0.3 is 5.32 Å². The molecule has 0 bridgehead atoms. The Hall–Kier alpha value is -0.830. The topological polar surface area (TPSA) is 15.3 Å². The van der Waals surface area contributed by atoms with E-state index in [1.165, 1.54) is 17.6 Å². The van der Waals surface area contributed by atoms with Crippen molar-refractivity contribution >= 4 is 11.6 Å². The molecule has 1 aliphatic rings. The molecule has 2 unspecified atom stereocenters. The van der Waals surface area contributed by atoms with E-state index in [2.05, 4.69) is 54.4 Å². The summed E-state index contributed by atoms with van der Waals surface area (Å²) >= 11 is 5.83. The van der Waals surface area contributed by atoms with Crippen LogP contribution in [0.25, 0.3) is 0 Å². The molecule has 2 nitrogen and oxygen atoms in total. The van der Waals surface area contributed by atoms with Gasteiger partial charge in [-0.2, -0.15) is 0 Å². The van der Waals surface area contributed by atoms with E-state index in [0.29, 0.717) is 12.1 Å². The van der Waals surface area contributed by atoms with E-state index in [0.717, 1.165) is 19.6 Å². The standard InChI is InChI=1S/C16H23ClN2/c1-3-15-12-19(11-13(2)9-17)16(10-18-15)14-7-5-4-6-8-14/h4-9,15-16,18H,3,10-12H2,1-2H3/b13-9+. The fraction of sp³-hybridized carbons (Fsp3) is 0.500. The Bertz CT molecular complexity index is 416. The van der Waals surface area contributed by atoms with Crippen LogP contribution in [0, 0.1) is 0 Å². The van der Waals surface area contributed by atoms with E-state index in [9.17, 15) is 0 Å². The normalized spacial score (nSPS) is 25.5. The highest BCUT2D eigenvalue weighted by Crippen LogP contribution is 2.25. The molecule has 1 aliphatic heterocycles. The van der Waals surface area contributed by atoms with E-state index in [1.807, 2.05) is 0 Å². The highest BCUT2D eigenvalue weighted by molar-refractivity contribution is 6.25. The zero-order chi connectivity index (χ0) is 13.7. The van der Waals surface area contributed by atoms with Gasteiger partial charge in [0, 0.05) is 37.3 Å². The van der Waals surface area contributed by atoms with Crippen LogP contribution in [0.3, 0.4) is 0 Å². The fourth-order valence-electron chi connectivity index (χ4n) is 2.69. The van der Waals surface area contributed by atoms with Crippen molar-refractivity contribution in [1.82, 2.24) is 10.2 Å². The molecule has 1 fully saturated rings. The van der Waals surface area contributed by atoms with Crippen LogP contribution in [0.1, 0.15) is 31.9 Å². The smallest absolute Gasteiger partial charge is 0.0476 e. The molecule has 1 heterocycles. The molecule has 2 rings (SSSR count). The lowest BCUT2D eigenvalue weighted by atomic mass is 9.99. The predicted molar refractivity (Wildman–Crippen MR) is 82.4 cm³/mol. The van der Waals surface area contributed by atoms with Crippen LogP contribution >= 0.6 is 11.6 Å². The maximum absolute atomic E-state index is 5.83. The number of hydrogen-bond acceptors (Lipinski definition) is 2. The van der Waals surface area contributed by atoms with E-state index in [-0.39, 0.29) is 0 Å². The first kappa shape index (κ1) is 14.6. The first-order valence-corrected chi connectivity index (χ1v) is 7.46. The zero-order valence-corrected chi connectivity index (χ0v) is 12.5. The average Bonchev–Trinajstić information content (AvgIpc) is 2.48. The molecule has 0 saturated carbocycles. The van der Waals surface area contributed by atoms with Crippen molar-refractivity contribution in [3.8, 4) is 0 Å². The first-order valence-electron chi connectivity index (χ1n) is 7.02. The van der Waals surface area contributed by atoms with Gasteiger partial charge in [0.05, 0.1) is 0 Å². The molecule has 1 N–H and O–H groups in total. The summed E-state index contributed by atoms with van der Waals surface area (Å²) in [5, 5.41) is 3.64. The molecule has 104 valence electrons. The second kappa shape index (κ2) is 7.09. The third-order valence-electron chi connectivity index (χ3n) is 3.81. The second-order valence-electron chi connectivity index (χ2n) is 5.32. The van der Waals surface area contributed by atoms with Crippen LogP contribution in [0.2, 0.25) is 0 Å². The van der Waals surface area contributed by atoms with Crippen LogP contribution in [0.5, 0.6) is 0 Å². The van der Waals surface area contributed by atoms with E-state index in [1.54, 1.807) is 5.54 Å². The summed E-state index contributed by atoms with van der Waals surface area (Å²) in [6.07, 6.45) is 1.17. The summed E-state index contributed by atoms with van der Waals surface area (Å²) in [5.41, 5.74) is 4.30. The third-order valence-corrected chi connectivity index (χ3v) is 4.18. The van der Waals surface area contributed by atoms with Crippen molar-refractivity contribution in [2.75, 3.05) is 19.6 Å². The van der Waals surface area contributed by atoms with Crippen molar-refractivity contribution in [1.29, 1.82) is 0 Å². The van der Waals surface area contributed by atoms with Gasteiger partial charge in [-0.1, -0.05) is 48.9 Å². The van der Waals surface area contributed by atoms with E-state index >= 15 is 0 Å². The SMILES string of the molecule is CCC1CN(C/C(C)=C/Cl)C(c2ccccc2)CN1. The van der Waals surface area contributed by atoms with Crippen LogP contribution in [0.4, 0.5) is 0 Å². The zero-order valence-electron chi connectivity index (χ0n) is 11.8. The minimum absolute atomic E-state index is 0.440. The van der Waals surface area contributed by atoms with Gasteiger partial charge in [-0.15, -0.1) is 0 Å². The summed E-state index contributed by atoms with van der Waals surface area (Å²) < 4.78 is 0. The Morgan fingerprint density at radius 1 is 1.42 bits per heavy atom. The number of halogens is 1. The van der Waals surface area contributed by atoms with Gasteiger partial charge in [0.1, 0.15) is 0 Å². The molecular weight excluding hydrogens is 256 g/mol. The summed E-state index contributed by atoms with van der Waals surface area (Å²) in [5.74, 6) is 0. The summed E-state index contributed by atoms with van der Waals surface area (Å²) in [7, 11) is 0. The number of nitrogens with one attached hydrogen (secondary N) is 1. The number of hydrogen-bond donors (Lipinski definition) is 1. The molecule has 0 aliphatic carbocycles. The van der Waals surface area contributed by atoms with Gasteiger partial charge in [0.2, 0.25) is 0 Å². The number of benzene rings is 1. The molecule has 3 heteroatoms. The third kappa shape index (κ3) is 3.82. The maximum atomic E-state index is 5.83. The Morgan fingerprint density at radius 2 is 2.16 bits per heavy atom. The highest BCUT2D eigenvalue weighted by atomic mass is 35.5. The second-order valence-corrected chi connectivity index (χ2v) is 5.54. The molecule has 0 spiro atoms. The minimum Gasteiger partial charge on any atom is -0.311 e. The lowest BCUT2D eigenvalue weighted by Gasteiger charge is -2.40. The van der Waals surface area contributed by atoms with Gasteiger partial charge in [-0.05, 0) is 24.5 Å². The lowest BCUT2D eigenvalue weighted by Crippen LogP contribution is -2.52. The Balaban J connectivity index is 2.15. The highest BCUT2D eigenvalue weighted by Gasteiger charge is 2.27. The minimum atomic E-state index is 0.440. The molecule has 1 aromatic rings. The van der Waals surface area contributed by atoms with Crippen LogP contribution < -0.4 is 5.32 Å². The van der Waals surface area contributed by atoms with E-state index < -0.39 is 0 Å². The van der Waals surface area contributed by atoms with Crippen molar-refractivity contribution in [2.24, 2.45) is 0 Å². The van der Waals surface area contributed by atoms with E-state index in [4.69, 9.17) is 11.6 Å². The molecule has 2 atom stereocenters. The fourth-order valence-corrected chi connectivity index (χ4v) is 2.76. The first-order chi connectivity index (χ1) is 9.24. The van der Waals surface area contributed by atoms with Gasteiger partial charge in [0.25, 0.3) is 0 Å². The summed E-state index contributed by atoms with van der Waals surface area (Å²) in [4.78, 5) is 2.54. The summed E-state index contributed by atoms with van der Waals surface area (Å²) in [6, 6.07) is 11.8. The number of rotatable bonds is 4. The lowest BCUT2D eigenvalue weighted by molar-refractivity contribution is 0.140. The number of nitrogens with zero attached hydrogens (tertiary/aromatic N) is 1. The Morgan fingerprint density at radius 3 is 2.79 bits per heavy atom. The molecule has 0 amide bonds. The molecule has 1 aromatic carbocycles. The summed E-state index contributed by atoms with van der Waals surface area (Å²) in [6.45, 7) is 7.37. The monoisotopic (exact) mass is 278 g/mol. The molecular formula is C16H23ClN2. The molecule has 19 heavy (non-hydrogen) atoms. The number of piperazine rings is 1. The van der Waals surface area contributed by atoms with Crippen molar-refractivity contribution in [3.63, 3.8) is 0 Å². The van der Waals surface area contributed by atoms with Crippen molar-refractivity contribution in [2.45, 2.75) is 32.4 Å². The van der Waals surface area contributed by atoms with Crippen LogP contribution in [-0.4, -0.2) is 30.6 Å². The largest absolute Gasteiger partial charge is 0.311 e. The predicted octanol–water partition coefficient (Wildman–Crippen LogP) is 3.55. The molecule has 0 radical (unpaired) electrons. The van der Waals surface area contributed by atoms with Gasteiger partial charge in [-0.3, -0.25) is 4.90 Å². The van der Waals surface area contributed by atoms with Crippen molar-refractivity contribution in [3.05, 3.63) is 47.0 Å². The van der Waals surface area contributed by atoms with Crippen molar-refractivity contribution < 1.29 is 0 Å². The molecule has 1 saturated heterocycles. The maximum Gasteiger partial charge on any atom is 0.0476 e. The average molecular weight is 279 g/mol. The van der Waals surface area contributed by atoms with Gasteiger partial charge in [0.15, 0.2) is 0 Å². The quantitative estimate of drug-likeness (QED) is 0.906. The van der Waals surface area contributed by atoms with Gasteiger partial charge >= 0.3 is 0 Å². The Labute approximate surface area is 121 Å². The van der Waals surface area contributed by atoms with Crippen LogP contribution in [0.15, 0.2) is 41.4 Å². The molecule has 0 aromatic heterocycles. The van der Waals surface area contributed by atoms with Gasteiger partial charge in [-0.25, -0.2) is 0 Å². The Kier molecular flexibility index (Phi) is 5.44. The van der Waals surface area contributed by atoms with Crippen LogP contribution in [-0.2, 0) is 0 Å².